The zero-order valence-corrected chi connectivity index (χ0v) is 10.7. The molecule has 1 aromatic carbocycles. The van der Waals surface area contributed by atoms with Crippen molar-refractivity contribution in [3.63, 3.8) is 0 Å². The molecule has 0 atom stereocenters. The quantitative estimate of drug-likeness (QED) is 0.865. The first-order valence-electron chi connectivity index (χ1n) is 6.06. The second-order valence-corrected chi connectivity index (χ2v) is 4.15. The van der Waals surface area contributed by atoms with Crippen LogP contribution < -0.4 is 5.32 Å². The van der Waals surface area contributed by atoms with Gasteiger partial charge in [-0.2, -0.15) is 13.2 Å². The maximum Gasteiger partial charge on any atom is 0.406 e. The summed E-state index contributed by atoms with van der Waals surface area (Å²) in [6, 6.07) is 8.89. The minimum atomic E-state index is -4.36. The highest BCUT2D eigenvalue weighted by atomic mass is 19.4. The summed E-state index contributed by atoms with van der Waals surface area (Å²) in [5, 5.41) is 2.81. The monoisotopic (exact) mass is 274 g/mol. The van der Waals surface area contributed by atoms with E-state index in [2.05, 4.69) is 5.32 Å². The molecule has 0 bridgehead atoms. The molecule has 106 valence electrons. The van der Waals surface area contributed by atoms with Gasteiger partial charge in [0.25, 0.3) is 0 Å². The molecule has 1 rings (SSSR count). The van der Waals surface area contributed by atoms with Crippen molar-refractivity contribution >= 4 is 11.6 Å². The summed E-state index contributed by atoms with van der Waals surface area (Å²) in [5.74, 6) is -0.553. The topological polar surface area (TPSA) is 32.3 Å². The third-order valence-corrected chi connectivity index (χ3v) is 2.43. The van der Waals surface area contributed by atoms with E-state index in [-0.39, 0.29) is 13.1 Å². The molecular weight excluding hydrogens is 257 g/mol. The fourth-order valence-corrected chi connectivity index (χ4v) is 1.62. The molecule has 1 N–H and O–H groups in total. The van der Waals surface area contributed by atoms with Crippen LogP contribution in [0.3, 0.4) is 0 Å². The number of benzene rings is 1. The molecule has 0 saturated heterocycles. The molecule has 0 unspecified atom stereocenters. The van der Waals surface area contributed by atoms with Crippen LogP contribution in [-0.4, -0.2) is 36.6 Å². The second-order valence-electron chi connectivity index (χ2n) is 4.15. The first-order valence-corrected chi connectivity index (χ1v) is 6.06. The largest absolute Gasteiger partial charge is 0.406 e. The van der Waals surface area contributed by atoms with Crippen LogP contribution in [0.15, 0.2) is 30.3 Å². The van der Waals surface area contributed by atoms with Crippen molar-refractivity contribution in [3.8, 4) is 0 Å². The van der Waals surface area contributed by atoms with E-state index in [4.69, 9.17) is 0 Å². The highest BCUT2D eigenvalue weighted by molar-refractivity contribution is 5.80. The molecule has 0 saturated carbocycles. The molecule has 0 heterocycles. The van der Waals surface area contributed by atoms with E-state index in [9.17, 15) is 18.0 Å². The lowest BCUT2D eigenvalue weighted by molar-refractivity contribution is -0.160. The van der Waals surface area contributed by atoms with E-state index >= 15 is 0 Å². The van der Waals surface area contributed by atoms with E-state index in [1.165, 1.54) is 0 Å². The molecule has 0 radical (unpaired) electrons. The molecule has 6 heteroatoms. The number of hydrogen-bond donors (Lipinski definition) is 1. The normalized spacial score (nSPS) is 11.2. The van der Waals surface area contributed by atoms with Crippen LogP contribution in [0, 0.1) is 0 Å². The minimum Gasteiger partial charge on any atom is -0.376 e. The molecule has 0 aliphatic heterocycles. The Labute approximate surface area is 110 Å². The van der Waals surface area contributed by atoms with Gasteiger partial charge in [0.05, 0.1) is 6.54 Å². The van der Waals surface area contributed by atoms with E-state index in [1.807, 2.05) is 6.07 Å². The lowest BCUT2D eigenvalue weighted by Gasteiger charge is -2.23. The predicted molar refractivity (Wildman–Crippen MR) is 67.9 cm³/mol. The number of rotatable bonds is 6. The van der Waals surface area contributed by atoms with Crippen LogP contribution >= 0.6 is 0 Å². The van der Waals surface area contributed by atoms with Gasteiger partial charge >= 0.3 is 6.18 Å². The third-order valence-electron chi connectivity index (χ3n) is 2.43. The van der Waals surface area contributed by atoms with Crippen molar-refractivity contribution in [2.45, 2.75) is 19.5 Å². The van der Waals surface area contributed by atoms with E-state index in [1.54, 1.807) is 31.2 Å². The summed E-state index contributed by atoms with van der Waals surface area (Å²) in [7, 11) is 0. The summed E-state index contributed by atoms with van der Waals surface area (Å²) in [4.78, 5) is 12.6. The molecule has 1 aromatic rings. The summed E-state index contributed by atoms with van der Waals surface area (Å²) in [6.07, 6.45) is -3.87. The molecule has 3 nitrogen and oxygen atoms in total. The van der Waals surface area contributed by atoms with Gasteiger partial charge in [0.15, 0.2) is 0 Å². The molecular formula is C13H17F3N2O. The van der Waals surface area contributed by atoms with Gasteiger partial charge in [0, 0.05) is 12.2 Å². The maximum absolute atomic E-state index is 12.3. The van der Waals surface area contributed by atoms with Gasteiger partial charge in [-0.05, 0) is 18.6 Å². The van der Waals surface area contributed by atoms with Crippen LogP contribution in [0.4, 0.5) is 18.9 Å². The van der Waals surface area contributed by atoms with Crippen molar-refractivity contribution in [1.29, 1.82) is 0 Å². The van der Waals surface area contributed by atoms with Gasteiger partial charge < -0.3 is 10.2 Å². The number of carbonyl (C=O) groups is 1. The Hall–Kier alpha value is -1.72. The highest BCUT2D eigenvalue weighted by Gasteiger charge is 2.32. The molecule has 1 amide bonds. The molecule has 0 aromatic heterocycles. The van der Waals surface area contributed by atoms with E-state index < -0.39 is 18.6 Å². The van der Waals surface area contributed by atoms with Gasteiger partial charge in [0.2, 0.25) is 5.91 Å². The number of anilines is 1. The summed E-state index contributed by atoms with van der Waals surface area (Å²) < 4.78 is 37.0. The number of nitrogens with one attached hydrogen (secondary N) is 1. The number of halogens is 3. The number of para-hydroxylation sites is 1. The van der Waals surface area contributed by atoms with Crippen molar-refractivity contribution in [2.75, 3.05) is 25.0 Å². The Bertz CT molecular complexity index is 393. The summed E-state index contributed by atoms with van der Waals surface area (Å²) in [5.41, 5.74) is 0.708. The van der Waals surface area contributed by atoms with Crippen molar-refractivity contribution in [2.24, 2.45) is 0 Å². The first kappa shape index (κ1) is 15.3. The Balaban J connectivity index is 2.52. The molecule has 0 fully saturated rings. The SMILES string of the molecule is CCCN(CC(F)(F)F)C(=O)CNc1ccccc1. The standard InChI is InChI=1S/C13H17F3N2O/c1-2-8-18(10-13(14,15)16)12(19)9-17-11-6-4-3-5-7-11/h3-7,17H,2,8-10H2,1H3. The van der Waals surface area contributed by atoms with Crippen LogP contribution in [0.5, 0.6) is 0 Å². The number of amides is 1. The van der Waals surface area contributed by atoms with Gasteiger partial charge in [-0.1, -0.05) is 25.1 Å². The fourth-order valence-electron chi connectivity index (χ4n) is 1.62. The zero-order chi connectivity index (χ0) is 14.3. The second kappa shape index (κ2) is 7.01. The van der Waals surface area contributed by atoms with Crippen molar-refractivity contribution in [3.05, 3.63) is 30.3 Å². The zero-order valence-electron chi connectivity index (χ0n) is 10.7. The van der Waals surface area contributed by atoms with Crippen LogP contribution in [-0.2, 0) is 4.79 Å². The van der Waals surface area contributed by atoms with E-state index in [0.717, 1.165) is 4.90 Å². The lowest BCUT2D eigenvalue weighted by atomic mass is 10.3. The predicted octanol–water partition coefficient (Wildman–Crippen LogP) is 2.90. The van der Waals surface area contributed by atoms with Crippen molar-refractivity contribution < 1.29 is 18.0 Å². The maximum atomic E-state index is 12.3. The number of hydrogen-bond acceptors (Lipinski definition) is 2. The fraction of sp³-hybridized carbons (Fsp3) is 0.462. The minimum absolute atomic E-state index is 0.106. The van der Waals surface area contributed by atoms with Crippen LogP contribution in [0.2, 0.25) is 0 Å². The van der Waals surface area contributed by atoms with Gasteiger partial charge in [-0.3, -0.25) is 4.79 Å². The van der Waals surface area contributed by atoms with Gasteiger partial charge in [-0.15, -0.1) is 0 Å². The Morgan fingerprint density at radius 2 is 1.89 bits per heavy atom. The average molecular weight is 274 g/mol. The average Bonchev–Trinajstić information content (AvgIpc) is 2.35. The number of carbonyl (C=O) groups excluding carboxylic acids is 1. The van der Waals surface area contributed by atoms with Crippen molar-refractivity contribution in [1.82, 2.24) is 4.90 Å². The number of alkyl halides is 3. The third kappa shape index (κ3) is 6.13. The first-order chi connectivity index (χ1) is 8.92. The smallest absolute Gasteiger partial charge is 0.376 e. The Morgan fingerprint density at radius 1 is 1.26 bits per heavy atom. The van der Waals surface area contributed by atoms with Crippen LogP contribution in [0.25, 0.3) is 0 Å². The van der Waals surface area contributed by atoms with E-state index in [0.29, 0.717) is 12.1 Å². The van der Waals surface area contributed by atoms with Gasteiger partial charge in [-0.25, -0.2) is 0 Å². The Morgan fingerprint density at radius 3 is 2.42 bits per heavy atom. The molecule has 0 aliphatic carbocycles. The number of nitrogens with zero attached hydrogens (tertiary/aromatic N) is 1. The molecule has 19 heavy (non-hydrogen) atoms. The van der Waals surface area contributed by atoms with Gasteiger partial charge in [0.1, 0.15) is 6.54 Å². The molecule has 0 aliphatic rings. The lowest BCUT2D eigenvalue weighted by Crippen LogP contribution is -2.42. The molecule has 0 spiro atoms. The van der Waals surface area contributed by atoms with Crippen LogP contribution in [0.1, 0.15) is 13.3 Å². The summed E-state index contributed by atoms with van der Waals surface area (Å²) in [6.45, 7) is 0.506. The summed E-state index contributed by atoms with van der Waals surface area (Å²) >= 11 is 0. The Kier molecular flexibility index (Phi) is 5.66. The highest BCUT2D eigenvalue weighted by Crippen LogP contribution is 2.17.